The molecule has 4 atom stereocenters. The van der Waals surface area contributed by atoms with E-state index in [2.05, 4.69) is 16.0 Å². The topological polar surface area (TPSA) is 240 Å². The summed E-state index contributed by atoms with van der Waals surface area (Å²) in [5.41, 5.74) is 4.44. The fraction of sp³-hybridized carbons (Fsp3) is 0.537. The highest BCUT2D eigenvalue weighted by Crippen LogP contribution is 2.41. The zero-order valence-electron chi connectivity index (χ0n) is 35.7. The second-order valence-corrected chi connectivity index (χ2v) is 16.9. The number of likely N-dealkylation sites (N-methyl/N-ethyl adjacent to an activating group) is 1. The number of hydrogen-bond donors (Lipinski definition) is 4. The van der Waals surface area contributed by atoms with Crippen LogP contribution in [0.1, 0.15) is 92.8 Å². The van der Waals surface area contributed by atoms with E-state index in [-0.39, 0.29) is 47.6 Å². The molecule has 0 radical (unpaired) electrons. The summed E-state index contributed by atoms with van der Waals surface area (Å²) in [6.07, 6.45) is -3.03. The van der Waals surface area contributed by atoms with Crippen molar-refractivity contribution in [3.63, 3.8) is 0 Å². The number of amides is 4. The van der Waals surface area contributed by atoms with Gasteiger partial charge in [-0.1, -0.05) is 12.1 Å². The maximum absolute atomic E-state index is 14.3. The van der Waals surface area contributed by atoms with Crippen LogP contribution in [0, 0.1) is 0 Å². The Morgan fingerprint density at radius 3 is 1.85 bits per heavy atom. The van der Waals surface area contributed by atoms with Crippen molar-refractivity contribution in [2.24, 2.45) is 5.73 Å². The molecule has 0 aliphatic carbocycles. The van der Waals surface area contributed by atoms with Crippen LogP contribution in [-0.2, 0) is 44.5 Å². The molecular formula is C41H57N5O13. The molecule has 4 amide bonds. The second-order valence-electron chi connectivity index (χ2n) is 16.9. The lowest BCUT2D eigenvalue weighted by Gasteiger charge is -2.31. The number of fused-ring (bicyclic) bond motifs is 5. The number of nitrogens with one attached hydrogen (secondary N) is 3. The van der Waals surface area contributed by atoms with Crippen LogP contribution in [-0.4, -0.2) is 103 Å². The van der Waals surface area contributed by atoms with Gasteiger partial charge in [0.1, 0.15) is 46.4 Å². The van der Waals surface area contributed by atoms with Crippen molar-refractivity contribution in [2.45, 2.75) is 123 Å². The molecule has 2 aromatic rings. The molecule has 0 spiro atoms. The predicted octanol–water partition coefficient (Wildman–Crippen LogP) is 4.44. The summed E-state index contributed by atoms with van der Waals surface area (Å²) in [5.74, 6) is -3.28. The third kappa shape index (κ3) is 14.5. The number of alkyl carbamates (subject to hydrolysis) is 1. The summed E-state index contributed by atoms with van der Waals surface area (Å²) in [7, 11) is 2.48. The van der Waals surface area contributed by atoms with E-state index in [1.54, 1.807) is 68.4 Å². The molecule has 59 heavy (non-hydrogen) atoms. The first-order valence-corrected chi connectivity index (χ1v) is 18.9. The molecular weight excluding hydrogens is 770 g/mol. The first-order chi connectivity index (χ1) is 27.2. The molecule has 0 unspecified atom stereocenters. The van der Waals surface area contributed by atoms with Crippen molar-refractivity contribution in [1.82, 2.24) is 20.9 Å². The molecule has 0 saturated carbocycles. The van der Waals surface area contributed by atoms with Crippen molar-refractivity contribution in [2.75, 3.05) is 20.7 Å². The first kappa shape index (κ1) is 47.5. The number of hydrogen-bond acceptors (Lipinski definition) is 14. The highest BCUT2D eigenvalue weighted by molar-refractivity contribution is 5.95. The summed E-state index contributed by atoms with van der Waals surface area (Å²) < 4.78 is 32.4. The number of benzene rings is 2. The minimum absolute atomic E-state index is 0.0390. The molecule has 2 aromatic carbocycles. The number of nitrogens with two attached hydrogens (primary N) is 1. The number of nitrogens with zero attached hydrogens (tertiary/aromatic N) is 1. The molecule has 0 fully saturated rings. The molecule has 0 saturated heterocycles. The van der Waals surface area contributed by atoms with E-state index in [9.17, 15) is 33.6 Å². The number of esters is 1. The molecule has 3 rings (SSSR count). The molecule has 324 valence electrons. The van der Waals surface area contributed by atoms with Crippen molar-refractivity contribution in [3.05, 3.63) is 47.5 Å². The standard InChI is InChI=1S/C41H57N5O13/c1-22-32(47)45-28(35(50)54-12)20-23-13-15-29(55-37(52)58-40(5,6)7)25(19-23)26-21-24(14-16-30(26)56-38(53)59-41(8,9)10)31(33(48)44-22)46(11)34(49)27(42)17-18-43-36(51)57-39(2,3)4/h13-16,19,21-22,27-28,31H,17-18,20,42H2,1-12H3,(H,43,51)(H,44,48)(H,45,47)/t22-,27-,28-,31-/m0/s1. The van der Waals surface area contributed by atoms with Crippen molar-refractivity contribution in [3.8, 4) is 22.6 Å². The molecule has 18 nitrogen and oxygen atoms in total. The lowest BCUT2D eigenvalue weighted by atomic mass is 9.93. The smallest absolute Gasteiger partial charge is 0.467 e. The second kappa shape index (κ2) is 19.2. The maximum Gasteiger partial charge on any atom is 0.514 e. The number of ether oxygens (including phenoxy) is 6. The lowest BCUT2D eigenvalue weighted by molar-refractivity contribution is -0.145. The summed E-state index contributed by atoms with van der Waals surface area (Å²) >= 11 is 0. The zero-order valence-corrected chi connectivity index (χ0v) is 35.7. The third-order valence-corrected chi connectivity index (χ3v) is 8.24. The Bertz CT molecular complexity index is 1910. The Labute approximate surface area is 344 Å². The number of carbonyl (C=O) groups excluding carboxylic acids is 7. The third-order valence-electron chi connectivity index (χ3n) is 8.24. The average Bonchev–Trinajstić information content (AvgIpc) is 3.08. The summed E-state index contributed by atoms with van der Waals surface area (Å²) in [6.45, 7) is 16.3. The van der Waals surface area contributed by atoms with E-state index in [1.165, 1.54) is 44.3 Å². The summed E-state index contributed by atoms with van der Waals surface area (Å²) in [6, 6.07) is 3.54. The van der Waals surface area contributed by atoms with Crippen LogP contribution in [0.4, 0.5) is 14.4 Å². The Kier molecular flexibility index (Phi) is 15.5. The SMILES string of the molecule is COC(=O)[C@@H]1Cc2ccc(OC(=O)OC(C)(C)C)c(c2)-c2cc(ccc2OC(=O)OC(C)(C)C)[C@H](N(C)C(=O)[C@@H](N)CCNC(=O)OC(C)(C)C)C(=O)N[C@@H](C)C(=O)N1. The van der Waals surface area contributed by atoms with Crippen LogP contribution in [0.3, 0.4) is 0 Å². The molecule has 4 bridgehead atoms. The fourth-order valence-electron chi connectivity index (χ4n) is 5.67. The predicted molar refractivity (Wildman–Crippen MR) is 213 cm³/mol. The van der Waals surface area contributed by atoms with Crippen LogP contribution in [0.15, 0.2) is 36.4 Å². The van der Waals surface area contributed by atoms with Gasteiger partial charge in [0.25, 0.3) is 0 Å². The van der Waals surface area contributed by atoms with Gasteiger partial charge in [0, 0.05) is 31.1 Å². The fourth-order valence-corrected chi connectivity index (χ4v) is 5.67. The molecule has 18 heteroatoms. The van der Waals surface area contributed by atoms with Crippen LogP contribution < -0.4 is 31.2 Å². The molecule has 1 aliphatic rings. The van der Waals surface area contributed by atoms with E-state index in [0.29, 0.717) is 5.56 Å². The summed E-state index contributed by atoms with van der Waals surface area (Å²) in [5, 5.41) is 7.76. The maximum atomic E-state index is 14.3. The van der Waals surface area contributed by atoms with Crippen molar-refractivity contribution >= 4 is 42.1 Å². The van der Waals surface area contributed by atoms with E-state index >= 15 is 0 Å². The highest BCUT2D eigenvalue weighted by atomic mass is 16.7. The number of methoxy groups -OCH3 is 1. The minimum Gasteiger partial charge on any atom is -0.467 e. The van der Waals surface area contributed by atoms with E-state index < -0.39 is 83.1 Å². The quantitative estimate of drug-likeness (QED) is 0.164. The Morgan fingerprint density at radius 2 is 1.32 bits per heavy atom. The molecule has 1 heterocycles. The van der Waals surface area contributed by atoms with Gasteiger partial charge < -0.3 is 55.0 Å². The zero-order chi connectivity index (χ0) is 44.6. The van der Waals surface area contributed by atoms with Gasteiger partial charge in [-0.15, -0.1) is 0 Å². The van der Waals surface area contributed by atoms with E-state index in [4.69, 9.17) is 34.2 Å². The highest BCUT2D eigenvalue weighted by Gasteiger charge is 2.35. The first-order valence-electron chi connectivity index (χ1n) is 18.9. The van der Waals surface area contributed by atoms with E-state index in [1.807, 2.05) is 0 Å². The average molecular weight is 828 g/mol. The Balaban J connectivity index is 2.28. The van der Waals surface area contributed by atoms with Gasteiger partial charge >= 0.3 is 24.4 Å². The van der Waals surface area contributed by atoms with Gasteiger partial charge in [-0.2, -0.15) is 0 Å². The van der Waals surface area contributed by atoms with Crippen LogP contribution in [0.2, 0.25) is 0 Å². The van der Waals surface area contributed by atoms with Crippen molar-refractivity contribution in [1.29, 1.82) is 0 Å². The number of carbonyl (C=O) groups is 7. The Morgan fingerprint density at radius 1 is 0.797 bits per heavy atom. The molecule has 0 aromatic heterocycles. The van der Waals surface area contributed by atoms with Crippen LogP contribution >= 0.6 is 0 Å². The monoisotopic (exact) mass is 827 g/mol. The van der Waals surface area contributed by atoms with Crippen LogP contribution in [0.5, 0.6) is 11.5 Å². The normalized spacial score (nSPS) is 17.7. The Hall–Kier alpha value is -5.91. The van der Waals surface area contributed by atoms with Gasteiger partial charge in [-0.25, -0.2) is 19.2 Å². The number of rotatable bonds is 8. The van der Waals surface area contributed by atoms with Gasteiger partial charge in [0.05, 0.1) is 13.2 Å². The molecule has 1 aliphatic heterocycles. The largest absolute Gasteiger partial charge is 0.514 e. The van der Waals surface area contributed by atoms with Gasteiger partial charge in [0.15, 0.2) is 0 Å². The van der Waals surface area contributed by atoms with E-state index in [0.717, 1.165) is 12.0 Å². The van der Waals surface area contributed by atoms with Crippen molar-refractivity contribution < 1.29 is 62.0 Å². The lowest BCUT2D eigenvalue weighted by Crippen LogP contribution is -2.54. The van der Waals surface area contributed by atoms with Gasteiger partial charge in [0.2, 0.25) is 17.7 Å². The minimum atomic E-state index is -1.49. The summed E-state index contributed by atoms with van der Waals surface area (Å²) in [4.78, 5) is 94.1. The van der Waals surface area contributed by atoms with Crippen LogP contribution in [0.25, 0.3) is 11.1 Å². The van der Waals surface area contributed by atoms with Gasteiger partial charge in [-0.05, 0) is 111 Å². The molecule has 5 N–H and O–H groups in total. The van der Waals surface area contributed by atoms with Gasteiger partial charge in [-0.3, -0.25) is 14.4 Å².